The Morgan fingerprint density at radius 1 is 1.14 bits per heavy atom. The van der Waals surface area contributed by atoms with Gasteiger partial charge in [-0.1, -0.05) is 23.8 Å². The number of thiophene rings is 1. The second kappa shape index (κ2) is 10.2. The maximum Gasteiger partial charge on any atom is 0.254 e. The zero-order chi connectivity index (χ0) is 24.4. The summed E-state index contributed by atoms with van der Waals surface area (Å²) in [7, 11) is 0. The number of carbonyl (C=O) groups excluding carboxylic acids is 2. The van der Waals surface area contributed by atoms with E-state index in [0.29, 0.717) is 25.6 Å². The number of fused-ring (bicyclic) bond motifs is 1. The third-order valence-corrected chi connectivity index (χ3v) is 7.70. The summed E-state index contributed by atoms with van der Waals surface area (Å²) in [6.45, 7) is 3.45. The summed E-state index contributed by atoms with van der Waals surface area (Å²) in [6.07, 6.45) is 2.90. The molecule has 5 rings (SSSR count). The molecule has 2 aromatic carbocycles. The van der Waals surface area contributed by atoms with Crippen LogP contribution in [0.15, 0.2) is 60.0 Å². The van der Waals surface area contributed by atoms with Gasteiger partial charge in [0, 0.05) is 23.5 Å². The van der Waals surface area contributed by atoms with Gasteiger partial charge in [-0.3, -0.25) is 9.59 Å². The first-order valence-electron chi connectivity index (χ1n) is 12.1. The number of hydrogen-bond donors (Lipinski definition) is 0. The summed E-state index contributed by atoms with van der Waals surface area (Å²) >= 11 is 1.71. The Morgan fingerprint density at radius 3 is 2.69 bits per heavy atom. The van der Waals surface area contributed by atoms with Crippen LogP contribution in [-0.4, -0.2) is 47.9 Å². The van der Waals surface area contributed by atoms with Crippen LogP contribution in [0.2, 0.25) is 0 Å². The standard InChI is InChI=1S/C28H29FN2O3S/c1-19-5-9-23(10-6-19)34-18-25-24-12-14-35-26(24)11-13-31(25)27(32)17-30(16-20-7-8-20)28(33)21-3-2-4-22(29)15-21/h2-6,9-10,12,14-15,20,25H,7-8,11,13,16-18H2,1H3/t25-/m1/s1. The van der Waals surface area contributed by atoms with E-state index < -0.39 is 5.82 Å². The number of hydrogen-bond acceptors (Lipinski definition) is 4. The second-order valence-corrected chi connectivity index (χ2v) is 10.4. The lowest BCUT2D eigenvalue weighted by atomic mass is 10.00. The average molecular weight is 493 g/mol. The molecule has 2 heterocycles. The Balaban J connectivity index is 1.34. The van der Waals surface area contributed by atoms with Crippen LogP contribution >= 0.6 is 11.3 Å². The maximum absolute atomic E-state index is 13.8. The molecule has 0 N–H and O–H groups in total. The van der Waals surface area contributed by atoms with E-state index in [-0.39, 0.29) is 30.0 Å². The van der Waals surface area contributed by atoms with E-state index >= 15 is 0 Å². The molecule has 1 aliphatic heterocycles. The SMILES string of the molecule is Cc1ccc(OC[C@@H]2c3ccsc3CCN2C(=O)CN(CC2CC2)C(=O)c2cccc(F)c2)cc1. The van der Waals surface area contributed by atoms with E-state index in [9.17, 15) is 14.0 Å². The molecule has 2 aliphatic rings. The molecule has 1 saturated carbocycles. The topological polar surface area (TPSA) is 49.9 Å². The van der Waals surface area contributed by atoms with Crippen molar-refractivity contribution in [3.05, 3.63) is 87.4 Å². The van der Waals surface area contributed by atoms with Gasteiger partial charge in [0.05, 0.1) is 6.04 Å². The van der Waals surface area contributed by atoms with Crippen molar-refractivity contribution in [2.45, 2.75) is 32.2 Å². The first kappa shape index (κ1) is 23.5. The Labute approximate surface area is 209 Å². The van der Waals surface area contributed by atoms with Gasteiger partial charge < -0.3 is 14.5 Å². The van der Waals surface area contributed by atoms with Crippen molar-refractivity contribution in [1.29, 1.82) is 0 Å². The fourth-order valence-corrected chi connectivity index (χ4v) is 5.50. The fourth-order valence-electron chi connectivity index (χ4n) is 4.57. The van der Waals surface area contributed by atoms with Crippen molar-refractivity contribution >= 4 is 23.2 Å². The van der Waals surface area contributed by atoms with Gasteiger partial charge in [0.1, 0.15) is 24.7 Å². The molecule has 35 heavy (non-hydrogen) atoms. The Bertz CT molecular complexity index is 1200. The molecule has 1 fully saturated rings. The highest BCUT2D eigenvalue weighted by Gasteiger charge is 2.35. The maximum atomic E-state index is 13.8. The van der Waals surface area contributed by atoms with Crippen molar-refractivity contribution in [1.82, 2.24) is 9.80 Å². The number of amides is 2. The van der Waals surface area contributed by atoms with Crippen molar-refractivity contribution in [2.24, 2.45) is 5.92 Å². The second-order valence-electron chi connectivity index (χ2n) is 9.42. The number of carbonyl (C=O) groups is 2. The van der Waals surface area contributed by atoms with Gasteiger partial charge in [-0.15, -0.1) is 11.3 Å². The van der Waals surface area contributed by atoms with Crippen LogP contribution in [-0.2, 0) is 11.2 Å². The number of ether oxygens (including phenoxy) is 1. The van der Waals surface area contributed by atoms with E-state index in [2.05, 4.69) is 11.4 Å². The van der Waals surface area contributed by atoms with Crippen molar-refractivity contribution in [3.63, 3.8) is 0 Å². The summed E-state index contributed by atoms with van der Waals surface area (Å²) in [5, 5.41) is 2.06. The lowest BCUT2D eigenvalue weighted by Gasteiger charge is -2.37. The van der Waals surface area contributed by atoms with Gasteiger partial charge in [-0.25, -0.2) is 4.39 Å². The third kappa shape index (κ3) is 5.56. The zero-order valence-electron chi connectivity index (χ0n) is 19.8. The van der Waals surface area contributed by atoms with Crippen LogP contribution in [0.25, 0.3) is 0 Å². The first-order chi connectivity index (χ1) is 17.0. The van der Waals surface area contributed by atoms with Crippen LogP contribution in [0.4, 0.5) is 4.39 Å². The largest absolute Gasteiger partial charge is 0.491 e. The van der Waals surface area contributed by atoms with Crippen LogP contribution in [0.3, 0.4) is 0 Å². The van der Waals surface area contributed by atoms with Crippen molar-refractivity contribution in [3.8, 4) is 5.75 Å². The molecule has 182 valence electrons. The molecule has 7 heteroatoms. The minimum absolute atomic E-state index is 0.0215. The molecule has 1 aromatic heterocycles. The summed E-state index contributed by atoms with van der Waals surface area (Å²) in [4.78, 5) is 31.6. The van der Waals surface area contributed by atoms with E-state index in [4.69, 9.17) is 4.74 Å². The number of rotatable bonds is 8. The number of halogens is 1. The predicted molar refractivity (Wildman–Crippen MR) is 134 cm³/mol. The van der Waals surface area contributed by atoms with Crippen molar-refractivity contribution < 1.29 is 18.7 Å². The predicted octanol–water partition coefficient (Wildman–Crippen LogP) is 5.25. The van der Waals surface area contributed by atoms with Gasteiger partial charge in [0.25, 0.3) is 5.91 Å². The minimum Gasteiger partial charge on any atom is -0.491 e. The Morgan fingerprint density at radius 2 is 1.94 bits per heavy atom. The van der Waals surface area contributed by atoms with E-state index in [0.717, 1.165) is 36.1 Å². The van der Waals surface area contributed by atoms with Gasteiger partial charge in [0.2, 0.25) is 5.91 Å². The smallest absolute Gasteiger partial charge is 0.254 e. The normalized spacial score (nSPS) is 17.1. The lowest BCUT2D eigenvalue weighted by molar-refractivity contribution is -0.135. The van der Waals surface area contributed by atoms with Gasteiger partial charge >= 0.3 is 0 Å². The zero-order valence-corrected chi connectivity index (χ0v) is 20.6. The molecule has 0 unspecified atom stereocenters. The Hall–Kier alpha value is -3.19. The molecule has 0 saturated heterocycles. The summed E-state index contributed by atoms with van der Waals surface area (Å²) < 4.78 is 19.9. The van der Waals surface area contributed by atoms with Gasteiger partial charge in [-0.2, -0.15) is 0 Å². The summed E-state index contributed by atoms with van der Waals surface area (Å²) in [5.74, 6) is 0.311. The van der Waals surface area contributed by atoms with E-state index in [1.165, 1.54) is 23.1 Å². The fraction of sp³-hybridized carbons (Fsp3) is 0.357. The molecule has 0 radical (unpaired) electrons. The van der Waals surface area contributed by atoms with Crippen LogP contribution in [0, 0.1) is 18.7 Å². The third-order valence-electron chi connectivity index (χ3n) is 6.70. The number of aryl methyl sites for hydroxylation is 1. The molecule has 3 aromatic rings. The van der Waals surface area contributed by atoms with Crippen LogP contribution < -0.4 is 4.74 Å². The van der Waals surface area contributed by atoms with Crippen LogP contribution in [0.5, 0.6) is 5.75 Å². The number of nitrogens with zero attached hydrogens (tertiary/aromatic N) is 2. The molecule has 1 aliphatic carbocycles. The molecule has 5 nitrogen and oxygen atoms in total. The lowest BCUT2D eigenvalue weighted by Crippen LogP contribution is -2.48. The average Bonchev–Trinajstić information content (AvgIpc) is 3.54. The molecule has 1 atom stereocenters. The van der Waals surface area contributed by atoms with Gasteiger partial charge in [0.15, 0.2) is 0 Å². The monoisotopic (exact) mass is 492 g/mol. The Kier molecular flexibility index (Phi) is 6.86. The first-order valence-corrected chi connectivity index (χ1v) is 13.0. The van der Waals surface area contributed by atoms with E-state index in [1.54, 1.807) is 22.3 Å². The molecular weight excluding hydrogens is 463 g/mol. The van der Waals surface area contributed by atoms with Crippen molar-refractivity contribution in [2.75, 3.05) is 26.2 Å². The summed E-state index contributed by atoms with van der Waals surface area (Å²) in [6, 6.07) is 15.4. The summed E-state index contributed by atoms with van der Waals surface area (Å²) in [5.41, 5.74) is 2.55. The van der Waals surface area contributed by atoms with Crippen LogP contribution in [0.1, 0.15) is 45.2 Å². The molecule has 0 bridgehead atoms. The highest BCUT2D eigenvalue weighted by molar-refractivity contribution is 7.10. The van der Waals surface area contributed by atoms with E-state index in [1.807, 2.05) is 36.1 Å². The minimum atomic E-state index is -0.456. The highest BCUT2D eigenvalue weighted by atomic mass is 32.1. The van der Waals surface area contributed by atoms with Gasteiger partial charge in [-0.05, 0) is 79.4 Å². The highest BCUT2D eigenvalue weighted by Crippen LogP contribution is 2.35. The molecule has 0 spiro atoms. The molecular formula is C28H29FN2O3S. The number of benzene rings is 2. The molecule has 2 amide bonds. The quantitative estimate of drug-likeness (QED) is 0.431.